The number of hydrogen-bond acceptors (Lipinski definition) is 6. The Balaban J connectivity index is 1.54. The summed E-state index contributed by atoms with van der Waals surface area (Å²) in [7, 11) is 0. The Labute approximate surface area is 182 Å². The molecule has 1 N–H and O–H groups in total. The van der Waals surface area contributed by atoms with E-state index in [9.17, 15) is 4.79 Å². The number of benzene rings is 2. The largest absolute Gasteiger partial charge is 0.479 e. The summed E-state index contributed by atoms with van der Waals surface area (Å²) in [4.78, 5) is 12.2. The lowest BCUT2D eigenvalue weighted by Crippen LogP contribution is -2.14. The molecule has 1 heterocycles. The summed E-state index contributed by atoms with van der Waals surface area (Å²) in [6.07, 6.45) is -0.514. The summed E-state index contributed by atoms with van der Waals surface area (Å²) in [6, 6.07) is 10.8. The van der Waals surface area contributed by atoms with Gasteiger partial charge in [0.2, 0.25) is 5.91 Å². The van der Waals surface area contributed by atoms with E-state index >= 15 is 0 Å². The van der Waals surface area contributed by atoms with Gasteiger partial charge in [0.15, 0.2) is 6.10 Å². The van der Waals surface area contributed by atoms with Gasteiger partial charge in [-0.2, -0.15) is 0 Å². The zero-order valence-electron chi connectivity index (χ0n) is 16.0. The van der Waals surface area contributed by atoms with Crippen LogP contribution in [0.2, 0.25) is 10.0 Å². The molecule has 0 aliphatic heterocycles. The predicted molar refractivity (Wildman–Crippen MR) is 115 cm³/mol. The SMILES string of the molecule is Cc1cc(C)cc(NC(=O)CSc2nnc([C@@H](C)Oc3ccc(Cl)cc3Cl)o2)c1. The highest BCUT2D eigenvalue weighted by atomic mass is 35.5. The number of aromatic nitrogens is 2. The fraction of sp³-hybridized carbons (Fsp3) is 0.250. The van der Waals surface area contributed by atoms with Gasteiger partial charge in [-0.1, -0.05) is 41.0 Å². The quantitative estimate of drug-likeness (QED) is 0.452. The smallest absolute Gasteiger partial charge is 0.277 e. The number of hydrogen-bond donors (Lipinski definition) is 1. The average molecular weight is 452 g/mol. The van der Waals surface area contributed by atoms with Gasteiger partial charge >= 0.3 is 0 Å². The van der Waals surface area contributed by atoms with Crippen LogP contribution in [0, 0.1) is 13.8 Å². The Kier molecular flexibility index (Phi) is 7.05. The summed E-state index contributed by atoms with van der Waals surface area (Å²) in [5.74, 6) is 0.737. The van der Waals surface area contributed by atoms with E-state index in [0.717, 1.165) is 28.6 Å². The number of ether oxygens (including phenoxy) is 1. The van der Waals surface area contributed by atoms with Crippen LogP contribution in [-0.2, 0) is 4.79 Å². The van der Waals surface area contributed by atoms with Crippen molar-refractivity contribution in [3.63, 3.8) is 0 Å². The second-order valence-electron chi connectivity index (χ2n) is 6.45. The lowest BCUT2D eigenvalue weighted by Gasteiger charge is -2.12. The summed E-state index contributed by atoms with van der Waals surface area (Å²) in [5, 5.41) is 12.0. The standard InChI is InChI=1S/C20H19Cl2N3O3S/c1-11-6-12(2)8-15(7-11)23-18(26)10-29-20-25-24-19(28-20)13(3)27-17-5-4-14(21)9-16(17)22/h4-9,13H,10H2,1-3H3,(H,23,26)/t13-/m1/s1. The maximum Gasteiger partial charge on any atom is 0.277 e. The topological polar surface area (TPSA) is 77.2 Å². The third-order valence-electron chi connectivity index (χ3n) is 3.80. The van der Waals surface area contributed by atoms with Crippen LogP contribution in [0.25, 0.3) is 0 Å². The van der Waals surface area contributed by atoms with Crippen LogP contribution in [0.3, 0.4) is 0 Å². The van der Waals surface area contributed by atoms with Crippen molar-refractivity contribution in [1.29, 1.82) is 0 Å². The van der Waals surface area contributed by atoms with Gasteiger partial charge in [-0.15, -0.1) is 10.2 Å². The van der Waals surface area contributed by atoms with Crippen molar-refractivity contribution in [2.45, 2.75) is 32.1 Å². The first-order valence-electron chi connectivity index (χ1n) is 8.76. The molecule has 0 spiro atoms. The van der Waals surface area contributed by atoms with Gasteiger partial charge in [0.1, 0.15) is 5.75 Å². The van der Waals surface area contributed by atoms with E-state index in [0.29, 0.717) is 15.8 Å². The normalized spacial score (nSPS) is 11.9. The minimum atomic E-state index is -0.514. The number of halogens is 2. The Morgan fingerprint density at radius 3 is 2.59 bits per heavy atom. The molecule has 0 aliphatic rings. The molecule has 1 amide bonds. The highest BCUT2D eigenvalue weighted by Crippen LogP contribution is 2.31. The number of nitrogens with one attached hydrogen (secondary N) is 1. The maximum absolute atomic E-state index is 12.2. The number of carbonyl (C=O) groups excluding carboxylic acids is 1. The number of amides is 1. The van der Waals surface area contributed by atoms with Crippen molar-refractivity contribution in [3.8, 4) is 5.75 Å². The maximum atomic E-state index is 12.2. The molecule has 0 fully saturated rings. The first-order valence-corrected chi connectivity index (χ1v) is 10.5. The summed E-state index contributed by atoms with van der Waals surface area (Å²) >= 11 is 13.2. The van der Waals surface area contributed by atoms with E-state index in [1.807, 2.05) is 32.0 Å². The Hall–Kier alpha value is -2.22. The number of thioether (sulfide) groups is 1. The van der Waals surface area contributed by atoms with Crippen molar-refractivity contribution in [3.05, 3.63) is 63.5 Å². The van der Waals surface area contributed by atoms with E-state index in [1.165, 1.54) is 0 Å². The predicted octanol–water partition coefficient (Wildman–Crippen LogP) is 5.86. The van der Waals surface area contributed by atoms with Crippen LogP contribution in [0.1, 0.15) is 30.0 Å². The first kappa shape index (κ1) is 21.5. The average Bonchev–Trinajstić information content (AvgIpc) is 3.10. The van der Waals surface area contributed by atoms with Crippen LogP contribution < -0.4 is 10.1 Å². The summed E-state index contributed by atoms with van der Waals surface area (Å²) in [5.41, 5.74) is 2.94. The number of anilines is 1. The molecule has 1 aromatic heterocycles. The van der Waals surface area contributed by atoms with Gasteiger partial charge in [0.25, 0.3) is 11.1 Å². The molecular formula is C20H19Cl2N3O3S. The number of nitrogens with zero attached hydrogens (tertiary/aromatic N) is 2. The molecule has 3 rings (SSSR count). The van der Waals surface area contributed by atoms with Gasteiger partial charge in [-0.05, 0) is 62.2 Å². The molecule has 29 heavy (non-hydrogen) atoms. The number of aryl methyl sites for hydroxylation is 2. The van der Waals surface area contributed by atoms with Crippen molar-refractivity contribution in [2.24, 2.45) is 0 Å². The molecule has 6 nitrogen and oxygen atoms in total. The van der Waals surface area contributed by atoms with E-state index in [2.05, 4.69) is 15.5 Å². The highest BCUT2D eigenvalue weighted by Gasteiger charge is 2.18. The summed E-state index contributed by atoms with van der Waals surface area (Å²) in [6.45, 7) is 5.73. The van der Waals surface area contributed by atoms with Gasteiger partial charge in [0.05, 0.1) is 10.8 Å². The second kappa shape index (κ2) is 9.52. The Bertz CT molecular complexity index is 1010. The third kappa shape index (κ3) is 6.13. The van der Waals surface area contributed by atoms with Crippen LogP contribution in [0.15, 0.2) is 46.0 Å². The first-order chi connectivity index (χ1) is 13.8. The van der Waals surface area contributed by atoms with Gasteiger partial charge < -0.3 is 14.5 Å². The Morgan fingerprint density at radius 1 is 1.17 bits per heavy atom. The summed E-state index contributed by atoms with van der Waals surface area (Å²) < 4.78 is 11.3. The zero-order valence-corrected chi connectivity index (χ0v) is 18.4. The minimum Gasteiger partial charge on any atom is -0.479 e. The molecule has 0 unspecified atom stereocenters. The molecule has 0 bridgehead atoms. The lowest BCUT2D eigenvalue weighted by molar-refractivity contribution is -0.113. The van der Waals surface area contributed by atoms with Crippen LogP contribution in [0.4, 0.5) is 5.69 Å². The van der Waals surface area contributed by atoms with Crippen LogP contribution in [-0.4, -0.2) is 21.9 Å². The van der Waals surface area contributed by atoms with Gasteiger partial charge in [-0.3, -0.25) is 4.79 Å². The highest BCUT2D eigenvalue weighted by molar-refractivity contribution is 7.99. The molecule has 152 valence electrons. The van der Waals surface area contributed by atoms with Gasteiger partial charge in [-0.25, -0.2) is 0 Å². The van der Waals surface area contributed by atoms with Crippen molar-refractivity contribution >= 4 is 46.6 Å². The molecule has 1 atom stereocenters. The van der Waals surface area contributed by atoms with Gasteiger partial charge in [0, 0.05) is 10.7 Å². The zero-order chi connectivity index (χ0) is 21.0. The van der Waals surface area contributed by atoms with Crippen molar-refractivity contribution in [2.75, 3.05) is 11.1 Å². The lowest BCUT2D eigenvalue weighted by atomic mass is 10.1. The van der Waals surface area contributed by atoms with Crippen LogP contribution in [0.5, 0.6) is 5.75 Å². The Morgan fingerprint density at radius 2 is 1.90 bits per heavy atom. The van der Waals surface area contributed by atoms with E-state index in [4.69, 9.17) is 32.4 Å². The molecule has 0 saturated heterocycles. The molecule has 0 aliphatic carbocycles. The number of rotatable bonds is 7. The van der Waals surface area contributed by atoms with Crippen molar-refractivity contribution in [1.82, 2.24) is 10.2 Å². The van der Waals surface area contributed by atoms with E-state index in [-0.39, 0.29) is 22.8 Å². The monoisotopic (exact) mass is 451 g/mol. The van der Waals surface area contributed by atoms with Crippen molar-refractivity contribution < 1.29 is 13.9 Å². The molecule has 2 aromatic carbocycles. The fourth-order valence-electron chi connectivity index (χ4n) is 2.63. The molecule has 0 saturated carbocycles. The van der Waals surface area contributed by atoms with E-state index < -0.39 is 6.10 Å². The molecule has 0 radical (unpaired) electrons. The molecular weight excluding hydrogens is 433 g/mol. The fourth-order valence-corrected chi connectivity index (χ4v) is 3.65. The van der Waals surface area contributed by atoms with E-state index in [1.54, 1.807) is 25.1 Å². The van der Waals surface area contributed by atoms with Crippen LogP contribution >= 0.6 is 35.0 Å². The molecule has 9 heteroatoms. The second-order valence-corrected chi connectivity index (χ2v) is 8.22. The molecule has 3 aromatic rings. The minimum absolute atomic E-state index is 0.146. The third-order valence-corrected chi connectivity index (χ3v) is 5.15. The number of carbonyl (C=O) groups is 1.